The predicted molar refractivity (Wildman–Crippen MR) is 113 cm³/mol. The number of aryl methyl sites for hydroxylation is 2. The van der Waals surface area contributed by atoms with E-state index in [4.69, 9.17) is 16.0 Å². The number of benzene rings is 2. The smallest absolute Gasteiger partial charge is 0.247 e. The minimum absolute atomic E-state index is 0.0119. The molecule has 2 aromatic carbocycles. The standard InChI is InChI=1S/C21H22ClN3O2S/c1-15-2-6-17(7-3-15)21-25-24-20(27-21)11-10-19(26)23-12-13-28-14-16-4-8-18(22)9-5-16/h2-9H,10-14H2,1H3,(H,23,26). The Kier molecular flexibility index (Phi) is 7.51. The van der Waals surface area contributed by atoms with Gasteiger partial charge in [0, 0.05) is 41.5 Å². The second-order valence-corrected chi connectivity index (χ2v) is 7.94. The first-order valence-corrected chi connectivity index (χ1v) is 10.6. The Hall–Kier alpha value is -2.31. The molecule has 3 aromatic rings. The summed E-state index contributed by atoms with van der Waals surface area (Å²) in [6.07, 6.45) is 0.764. The van der Waals surface area contributed by atoms with Gasteiger partial charge in [0.25, 0.3) is 0 Å². The molecule has 1 N–H and O–H groups in total. The van der Waals surface area contributed by atoms with Gasteiger partial charge in [0.1, 0.15) is 0 Å². The van der Waals surface area contributed by atoms with E-state index < -0.39 is 0 Å². The molecule has 1 amide bonds. The molecule has 0 saturated heterocycles. The number of carbonyl (C=O) groups is 1. The summed E-state index contributed by atoms with van der Waals surface area (Å²) >= 11 is 7.64. The molecule has 0 atom stereocenters. The van der Waals surface area contributed by atoms with Gasteiger partial charge in [0.2, 0.25) is 17.7 Å². The van der Waals surface area contributed by atoms with Crippen molar-refractivity contribution in [3.8, 4) is 11.5 Å². The van der Waals surface area contributed by atoms with Crippen molar-refractivity contribution in [3.63, 3.8) is 0 Å². The summed E-state index contributed by atoms with van der Waals surface area (Å²) in [5.41, 5.74) is 3.28. The summed E-state index contributed by atoms with van der Waals surface area (Å²) in [5.74, 6) is 2.70. The second-order valence-electron chi connectivity index (χ2n) is 6.40. The van der Waals surface area contributed by atoms with Gasteiger partial charge in [0.05, 0.1) is 0 Å². The van der Waals surface area contributed by atoms with Crippen LogP contribution in [0.2, 0.25) is 5.02 Å². The number of amides is 1. The van der Waals surface area contributed by atoms with Gasteiger partial charge in [-0.3, -0.25) is 4.79 Å². The van der Waals surface area contributed by atoms with Crippen molar-refractivity contribution in [2.75, 3.05) is 12.3 Å². The third-order valence-corrected chi connectivity index (χ3v) is 5.36. The van der Waals surface area contributed by atoms with Crippen molar-refractivity contribution < 1.29 is 9.21 Å². The van der Waals surface area contributed by atoms with Crippen molar-refractivity contribution >= 4 is 29.3 Å². The molecule has 0 fully saturated rings. The SMILES string of the molecule is Cc1ccc(-c2nnc(CCC(=O)NCCSCc3ccc(Cl)cc3)o2)cc1. The fraction of sp³-hybridized carbons (Fsp3) is 0.286. The number of nitrogens with one attached hydrogen (secondary N) is 1. The average molecular weight is 416 g/mol. The van der Waals surface area contributed by atoms with Crippen molar-refractivity contribution in [2.24, 2.45) is 0 Å². The van der Waals surface area contributed by atoms with E-state index in [1.54, 1.807) is 11.8 Å². The number of nitrogens with zero attached hydrogens (tertiary/aromatic N) is 2. The van der Waals surface area contributed by atoms with Crippen molar-refractivity contribution in [1.29, 1.82) is 0 Å². The van der Waals surface area contributed by atoms with E-state index in [0.717, 1.165) is 22.1 Å². The number of hydrogen-bond acceptors (Lipinski definition) is 5. The number of hydrogen-bond donors (Lipinski definition) is 1. The normalized spacial score (nSPS) is 10.8. The van der Waals surface area contributed by atoms with Crippen LogP contribution in [-0.2, 0) is 17.0 Å². The Balaban J connectivity index is 1.33. The van der Waals surface area contributed by atoms with Gasteiger partial charge in [-0.2, -0.15) is 11.8 Å². The summed E-state index contributed by atoms with van der Waals surface area (Å²) in [7, 11) is 0. The Bertz CT molecular complexity index is 895. The average Bonchev–Trinajstić information content (AvgIpc) is 3.17. The molecule has 0 aliphatic heterocycles. The molecular formula is C21H22ClN3O2S. The quantitative estimate of drug-likeness (QED) is 0.514. The molecule has 0 radical (unpaired) electrons. The zero-order chi connectivity index (χ0) is 19.8. The van der Waals surface area contributed by atoms with Crippen molar-refractivity contribution in [2.45, 2.75) is 25.5 Å². The van der Waals surface area contributed by atoms with Crippen molar-refractivity contribution in [1.82, 2.24) is 15.5 Å². The number of carbonyl (C=O) groups excluding carboxylic acids is 1. The zero-order valence-corrected chi connectivity index (χ0v) is 17.2. The third kappa shape index (κ3) is 6.39. The molecule has 7 heteroatoms. The van der Waals surface area contributed by atoms with Crippen LogP contribution in [0, 0.1) is 6.92 Å². The zero-order valence-electron chi connectivity index (χ0n) is 15.7. The Morgan fingerprint density at radius 2 is 1.86 bits per heavy atom. The van der Waals surface area contributed by atoms with E-state index in [0.29, 0.717) is 31.2 Å². The lowest BCUT2D eigenvalue weighted by Crippen LogP contribution is -2.25. The highest BCUT2D eigenvalue weighted by molar-refractivity contribution is 7.98. The lowest BCUT2D eigenvalue weighted by molar-refractivity contribution is -0.121. The van der Waals surface area contributed by atoms with E-state index in [-0.39, 0.29) is 5.91 Å². The fourth-order valence-electron chi connectivity index (χ4n) is 2.51. The lowest BCUT2D eigenvalue weighted by Gasteiger charge is -2.05. The highest BCUT2D eigenvalue weighted by Gasteiger charge is 2.10. The maximum atomic E-state index is 12.0. The van der Waals surface area contributed by atoms with Crippen LogP contribution in [0.25, 0.3) is 11.5 Å². The van der Waals surface area contributed by atoms with Gasteiger partial charge >= 0.3 is 0 Å². The highest BCUT2D eigenvalue weighted by Crippen LogP contribution is 2.19. The van der Waals surface area contributed by atoms with Crippen LogP contribution in [-0.4, -0.2) is 28.4 Å². The molecule has 0 aliphatic rings. The Morgan fingerprint density at radius 1 is 1.11 bits per heavy atom. The van der Waals surface area contributed by atoms with Crippen LogP contribution in [0.5, 0.6) is 0 Å². The van der Waals surface area contributed by atoms with Crippen molar-refractivity contribution in [3.05, 3.63) is 70.6 Å². The molecule has 3 rings (SSSR count). The summed E-state index contributed by atoms with van der Waals surface area (Å²) in [5, 5.41) is 11.7. The van der Waals surface area contributed by atoms with Crippen LogP contribution < -0.4 is 5.32 Å². The van der Waals surface area contributed by atoms with Gasteiger partial charge in [-0.1, -0.05) is 41.4 Å². The third-order valence-electron chi connectivity index (χ3n) is 4.08. The van der Waals surface area contributed by atoms with Crippen LogP contribution in [0.15, 0.2) is 52.9 Å². The minimum Gasteiger partial charge on any atom is -0.421 e. The highest BCUT2D eigenvalue weighted by atomic mass is 35.5. The van der Waals surface area contributed by atoms with E-state index >= 15 is 0 Å². The topological polar surface area (TPSA) is 68.0 Å². The molecule has 0 bridgehead atoms. The second kappa shape index (κ2) is 10.3. The summed E-state index contributed by atoms with van der Waals surface area (Å²) in [4.78, 5) is 12.0. The minimum atomic E-state index is -0.0119. The summed E-state index contributed by atoms with van der Waals surface area (Å²) in [6.45, 7) is 2.66. The van der Waals surface area contributed by atoms with Gasteiger partial charge in [-0.25, -0.2) is 0 Å². The predicted octanol–water partition coefficient (Wildman–Crippen LogP) is 4.68. The number of halogens is 1. The Labute approximate surface area is 173 Å². The van der Waals surface area contributed by atoms with Gasteiger partial charge in [-0.05, 0) is 36.8 Å². The monoisotopic (exact) mass is 415 g/mol. The molecule has 0 saturated carbocycles. The first-order chi connectivity index (χ1) is 13.6. The first-order valence-electron chi connectivity index (χ1n) is 9.08. The van der Waals surface area contributed by atoms with Gasteiger partial charge in [0.15, 0.2) is 0 Å². The molecule has 1 aromatic heterocycles. The summed E-state index contributed by atoms with van der Waals surface area (Å²) < 4.78 is 5.64. The molecule has 5 nitrogen and oxygen atoms in total. The Morgan fingerprint density at radius 3 is 2.61 bits per heavy atom. The fourth-order valence-corrected chi connectivity index (χ4v) is 3.45. The van der Waals surface area contributed by atoms with E-state index in [2.05, 4.69) is 15.5 Å². The summed E-state index contributed by atoms with van der Waals surface area (Å²) in [6, 6.07) is 15.7. The molecule has 28 heavy (non-hydrogen) atoms. The first kappa shape index (κ1) is 20.4. The van der Waals surface area contributed by atoms with E-state index in [9.17, 15) is 4.79 Å². The molecule has 0 unspecified atom stereocenters. The van der Waals surface area contributed by atoms with Crippen LogP contribution in [0.1, 0.15) is 23.4 Å². The maximum Gasteiger partial charge on any atom is 0.247 e. The molecule has 1 heterocycles. The van der Waals surface area contributed by atoms with E-state index in [1.807, 2.05) is 55.5 Å². The molecule has 0 spiro atoms. The molecule has 146 valence electrons. The number of aromatic nitrogens is 2. The lowest BCUT2D eigenvalue weighted by atomic mass is 10.1. The van der Waals surface area contributed by atoms with Crippen LogP contribution >= 0.6 is 23.4 Å². The maximum absolute atomic E-state index is 12.0. The van der Waals surface area contributed by atoms with Crippen LogP contribution in [0.3, 0.4) is 0 Å². The van der Waals surface area contributed by atoms with Gasteiger partial charge in [-0.15, -0.1) is 10.2 Å². The van der Waals surface area contributed by atoms with E-state index in [1.165, 1.54) is 11.1 Å². The van der Waals surface area contributed by atoms with Crippen LogP contribution in [0.4, 0.5) is 0 Å². The largest absolute Gasteiger partial charge is 0.421 e. The van der Waals surface area contributed by atoms with Gasteiger partial charge < -0.3 is 9.73 Å². The number of thioether (sulfide) groups is 1. The molecule has 0 aliphatic carbocycles. The molecular weight excluding hydrogens is 394 g/mol. The number of rotatable bonds is 9.